The molecule has 0 bridgehead atoms. The Morgan fingerprint density at radius 3 is 2.91 bits per heavy atom. The van der Waals surface area contributed by atoms with E-state index in [0.717, 1.165) is 22.0 Å². The largest absolute Gasteiger partial charge is 0.390 e. The van der Waals surface area contributed by atoms with Crippen LogP contribution in [0.2, 0.25) is 0 Å². The minimum atomic E-state index is -0.574. The van der Waals surface area contributed by atoms with Crippen molar-refractivity contribution in [2.24, 2.45) is 7.05 Å². The van der Waals surface area contributed by atoms with Crippen LogP contribution in [0, 0.1) is 0 Å². The summed E-state index contributed by atoms with van der Waals surface area (Å²) in [7, 11) is 1.96. The van der Waals surface area contributed by atoms with Gasteiger partial charge in [-0.3, -0.25) is 4.79 Å². The highest BCUT2D eigenvalue weighted by Crippen LogP contribution is 2.31. The average Bonchev–Trinajstić information content (AvgIpc) is 3.08. The molecule has 4 nitrogen and oxygen atoms in total. The van der Waals surface area contributed by atoms with Crippen LogP contribution in [0.1, 0.15) is 27.5 Å². The summed E-state index contributed by atoms with van der Waals surface area (Å²) in [6.45, 7) is 0. The van der Waals surface area contributed by atoms with Crippen LogP contribution in [0.15, 0.2) is 54.7 Å². The Hall–Kier alpha value is -2.59. The van der Waals surface area contributed by atoms with Crippen LogP contribution in [0.25, 0.3) is 10.9 Å². The molecule has 0 saturated heterocycles. The molecule has 23 heavy (non-hydrogen) atoms. The molecule has 4 rings (SSSR count). The zero-order valence-electron chi connectivity index (χ0n) is 12.9. The van der Waals surface area contributed by atoms with Crippen molar-refractivity contribution in [1.29, 1.82) is 0 Å². The number of hydrogen-bond donors (Lipinski definition) is 2. The van der Waals surface area contributed by atoms with E-state index in [0.29, 0.717) is 12.0 Å². The number of carbonyl (C=O) groups is 1. The van der Waals surface area contributed by atoms with Crippen molar-refractivity contribution in [2.45, 2.75) is 18.6 Å². The second-order valence-electron chi connectivity index (χ2n) is 6.12. The van der Waals surface area contributed by atoms with Crippen LogP contribution in [-0.2, 0) is 13.5 Å². The lowest BCUT2D eigenvalue weighted by molar-refractivity contribution is 0.0858. The molecule has 2 atom stereocenters. The van der Waals surface area contributed by atoms with Gasteiger partial charge in [-0.25, -0.2) is 0 Å². The maximum atomic E-state index is 12.6. The highest BCUT2D eigenvalue weighted by atomic mass is 16.3. The molecule has 0 radical (unpaired) electrons. The van der Waals surface area contributed by atoms with Gasteiger partial charge in [-0.1, -0.05) is 30.3 Å². The summed E-state index contributed by atoms with van der Waals surface area (Å²) >= 11 is 0. The van der Waals surface area contributed by atoms with Crippen molar-refractivity contribution < 1.29 is 9.90 Å². The summed E-state index contributed by atoms with van der Waals surface area (Å²) in [5, 5.41) is 14.4. The van der Waals surface area contributed by atoms with Gasteiger partial charge in [0.05, 0.1) is 12.1 Å². The Labute approximate surface area is 134 Å². The van der Waals surface area contributed by atoms with Crippen LogP contribution in [0.5, 0.6) is 0 Å². The molecule has 0 saturated carbocycles. The SMILES string of the molecule is Cn1ccc2ccc(C(=O)N[C@@H]3c4ccccc4C[C@@H]3O)cc21. The minimum absolute atomic E-state index is 0.158. The number of carbonyl (C=O) groups excluding carboxylic acids is 1. The fourth-order valence-electron chi connectivity index (χ4n) is 3.38. The van der Waals surface area contributed by atoms with Gasteiger partial charge >= 0.3 is 0 Å². The van der Waals surface area contributed by atoms with Gasteiger partial charge in [0, 0.05) is 30.7 Å². The lowest BCUT2D eigenvalue weighted by Gasteiger charge is -2.18. The van der Waals surface area contributed by atoms with Crippen molar-refractivity contribution in [3.05, 3.63) is 71.4 Å². The smallest absolute Gasteiger partial charge is 0.251 e. The number of hydrogen-bond acceptors (Lipinski definition) is 2. The topological polar surface area (TPSA) is 54.3 Å². The molecule has 116 valence electrons. The molecule has 1 amide bonds. The van der Waals surface area contributed by atoms with Crippen LogP contribution in [0.3, 0.4) is 0 Å². The molecular formula is C19H18N2O2. The van der Waals surface area contributed by atoms with Gasteiger partial charge < -0.3 is 15.0 Å². The van der Waals surface area contributed by atoms with Crippen molar-refractivity contribution in [3.63, 3.8) is 0 Å². The van der Waals surface area contributed by atoms with E-state index < -0.39 is 6.10 Å². The van der Waals surface area contributed by atoms with E-state index in [9.17, 15) is 9.90 Å². The molecule has 1 heterocycles. The van der Waals surface area contributed by atoms with E-state index >= 15 is 0 Å². The summed E-state index contributed by atoms with van der Waals surface area (Å²) < 4.78 is 1.99. The molecule has 4 heteroatoms. The first-order valence-electron chi connectivity index (χ1n) is 7.75. The van der Waals surface area contributed by atoms with Gasteiger partial charge in [-0.15, -0.1) is 0 Å². The first-order chi connectivity index (χ1) is 11.1. The summed E-state index contributed by atoms with van der Waals surface area (Å²) in [6, 6.07) is 15.2. The van der Waals surface area contributed by atoms with Crippen molar-refractivity contribution in [3.8, 4) is 0 Å². The van der Waals surface area contributed by atoms with E-state index in [-0.39, 0.29) is 11.9 Å². The number of rotatable bonds is 2. The average molecular weight is 306 g/mol. The number of aryl methyl sites for hydroxylation is 1. The van der Waals surface area contributed by atoms with Crippen molar-refractivity contribution in [1.82, 2.24) is 9.88 Å². The predicted molar refractivity (Wildman–Crippen MR) is 89.3 cm³/mol. The fraction of sp³-hybridized carbons (Fsp3) is 0.211. The second kappa shape index (κ2) is 5.25. The number of nitrogens with one attached hydrogen (secondary N) is 1. The third-order valence-electron chi connectivity index (χ3n) is 4.64. The third-order valence-corrected chi connectivity index (χ3v) is 4.64. The maximum Gasteiger partial charge on any atom is 0.251 e. The molecule has 0 unspecified atom stereocenters. The van der Waals surface area contributed by atoms with E-state index in [1.807, 2.05) is 66.3 Å². The lowest BCUT2D eigenvalue weighted by Crippen LogP contribution is -2.33. The molecule has 3 aromatic rings. The summed E-state index contributed by atoms with van der Waals surface area (Å²) in [5.74, 6) is -0.158. The molecule has 2 N–H and O–H groups in total. The van der Waals surface area contributed by atoms with Gasteiger partial charge in [-0.2, -0.15) is 0 Å². The Bertz CT molecular complexity index is 897. The maximum absolute atomic E-state index is 12.6. The second-order valence-corrected chi connectivity index (χ2v) is 6.12. The first kappa shape index (κ1) is 14.0. The number of aliphatic hydroxyl groups is 1. The zero-order chi connectivity index (χ0) is 16.0. The summed E-state index contributed by atoms with van der Waals surface area (Å²) in [5.41, 5.74) is 3.73. The Morgan fingerprint density at radius 2 is 2.04 bits per heavy atom. The molecule has 1 aliphatic rings. The Balaban J connectivity index is 1.63. The van der Waals surface area contributed by atoms with Crippen molar-refractivity contribution >= 4 is 16.8 Å². The van der Waals surface area contributed by atoms with Crippen molar-refractivity contribution in [2.75, 3.05) is 0 Å². The number of aliphatic hydroxyl groups excluding tert-OH is 1. The van der Waals surface area contributed by atoms with E-state index in [4.69, 9.17) is 0 Å². The van der Waals surface area contributed by atoms with Crippen LogP contribution >= 0.6 is 0 Å². The molecule has 0 spiro atoms. The lowest BCUT2D eigenvalue weighted by atomic mass is 10.1. The van der Waals surface area contributed by atoms with E-state index in [1.165, 1.54) is 0 Å². The normalized spacial score (nSPS) is 19.7. The number of fused-ring (bicyclic) bond motifs is 2. The van der Waals surface area contributed by atoms with Gasteiger partial charge in [-0.05, 0) is 34.7 Å². The number of benzene rings is 2. The minimum Gasteiger partial charge on any atom is -0.390 e. The number of amides is 1. The molecular weight excluding hydrogens is 288 g/mol. The van der Waals surface area contributed by atoms with E-state index in [1.54, 1.807) is 0 Å². The molecule has 0 aliphatic heterocycles. The van der Waals surface area contributed by atoms with Crippen LogP contribution in [0.4, 0.5) is 0 Å². The Morgan fingerprint density at radius 1 is 1.22 bits per heavy atom. The van der Waals surface area contributed by atoms with Gasteiger partial charge in [0.2, 0.25) is 0 Å². The fourth-order valence-corrected chi connectivity index (χ4v) is 3.38. The predicted octanol–water partition coefficient (Wildman–Crippen LogP) is 2.57. The quantitative estimate of drug-likeness (QED) is 0.764. The molecule has 1 aromatic heterocycles. The van der Waals surface area contributed by atoms with Crippen LogP contribution in [-0.4, -0.2) is 21.7 Å². The molecule has 1 aliphatic carbocycles. The highest BCUT2D eigenvalue weighted by Gasteiger charge is 2.32. The summed E-state index contributed by atoms with van der Waals surface area (Å²) in [4.78, 5) is 12.6. The van der Waals surface area contributed by atoms with Gasteiger partial charge in [0.25, 0.3) is 5.91 Å². The number of aromatic nitrogens is 1. The zero-order valence-corrected chi connectivity index (χ0v) is 12.9. The number of nitrogens with zero attached hydrogens (tertiary/aromatic N) is 1. The standard InChI is InChI=1S/C19H18N2O2/c1-21-9-8-12-6-7-14(10-16(12)21)19(23)20-18-15-5-3-2-4-13(15)11-17(18)22/h2-10,17-18,22H,11H2,1H3,(H,20,23)/t17-,18+/m0/s1. The van der Waals surface area contributed by atoms with Crippen LogP contribution < -0.4 is 5.32 Å². The third kappa shape index (κ3) is 2.32. The highest BCUT2D eigenvalue weighted by molar-refractivity contribution is 5.98. The van der Waals surface area contributed by atoms with E-state index in [2.05, 4.69) is 5.32 Å². The molecule has 2 aromatic carbocycles. The Kier molecular flexibility index (Phi) is 3.20. The monoisotopic (exact) mass is 306 g/mol. The first-order valence-corrected chi connectivity index (χ1v) is 7.75. The summed E-state index contributed by atoms with van der Waals surface area (Å²) in [6.07, 6.45) is 1.98. The van der Waals surface area contributed by atoms with Gasteiger partial charge in [0.1, 0.15) is 0 Å². The molecule has 0 fully saturated rings. The van der Waals surface area contributed by atoms with Gasteiger partial charge in [0.15, 0.2) is 0 Å².